The first kappa shape index (κ1) is 22.2. The molecule has 3 rings (SSSR count). The number of piperidine rings is 1. The number of benzene rings is 1. The summed E-state index contributed by atoms with van der Waals surface area (Å²) in [5.74, 6) is 0.00270. The molecule has 1 aliphatic rings. The zero-order chi connectivity index (χ0) is 22.1. The summed E-state index contributed by atoms with van der Waals surface area (Å²) in [5.41, 5.74) is 2.81. The lowest BCUT2D eigenvalue weighted by atomic mass is 9.84. The van der Waals surface area contributed by atoms with Crippen molar-refractivity contribution in [2.24, 2.45) is 12.5 Å². The third-order valence-electron chi connectivity index (χ3n) is 5.93. The summed E-state index contributed by atoms with van der Waals surface area (Å²) in [6.07, 6.45) is 2.26. The summed E-state index contributed by atoms with van der Waals surface area (Å²) in [4.78, 5) is 27.9. The van der Waals surface area contributed by atoms with Gasteiger partial charge in [0.05, 0.1) is 37.0 Å². The second-order valence-corrected chi connectivity index (χ2v) is 8.80. The Balaban J connectivity index is 1.98. The highest BCUT2D eigenvalue weighted by Gasteiger charge is 2.29. The van der Waals surface area contributed by atoms with Crippen molar-refractivity contribution in [2.75, 3.05) is 38.7 Å². The average Bonchev–Trinajstić information content (AvgIpc) is 2.92. The second-order valence-electron chi connectivity index (χ2n) is 8.80. The van der Waals surface area contributed by atoms with E-state index in [1.54, 1.807) is 14.0 Å². The predicted molar refractivity (Wildman–Crippen MR) is 118 cm³/mol. The molecule has 0 radical (unpaired) electrons. The molecule has 1 amide bonds. The van der Waals surface area contributed by atoms with E-state index in [1.165, 1.54) is 6.42 Å². The Kier molecular flexibility index (Phi) is 6.41. The molecule has 1 N–H and O–H groups in total. The van der Waals surface area contributed by atoms with Gasteiger partial charge in [0.15, 0.2) is 0 Å². The second kappa shape index (κ2) is 8.68. The number of anilines is 1. The lowest BCUT2D eigenvalue weighted by Crippen LogP contribution is -2.43. The number of carbonyl (C=O) groups is 2. The van der Waals surface area contributed by atoms with Crippen molar-refractivity contribution >= 4 is 28.5 Å². The van der Waals surface area contributed by atoms with E-state index >= 15 is 0 Å². The molecule has 0 saturated carbocycles. The van der Waals surface area contributed by atoms with Crippen LogP contribution in [0.4, 0.5) is 5.69 Å². The van der Waals surface area contributed by atoms with Crippen LogP contribution in [0.5, 0.6) is 5.75 Å². The fraction of sp³-hybridized carbons (Fsp3) is 0.565. The Morgan fingerprint density at radius 3 is 2.63 bits per heavy atom. The molecule has 1 aromatic heterocycles. The Morgan fingerprint density at radius 1 is 1.27 bits per heavy atom. The molecule has 0 bridgehead atoms. The van der Waals surface area contributed by atoms with Crippen LogP contribution in [0.1, 0.15) is 49.7 Å². The van der Waals surface area contributed by atoms with Gasteiger partial charge in [-0.25, -0.2) is 4.79 Å². The number of methoxy groups -OCH3 is 1. The number of hydrogen-bond acceptors (Lipinski definition) is 5. The van der Waals surface area contributed by atoms with E-state index < -0.39 is 5.97 Å². The number of nitrogens with zero attached hydrogens (tertiary/aromatic N) is 2. The standard InChI is InChI=1S/C23H33N3O4/c1-7-30-22(28)19-15(2)25(5)16-9-10-17(29-6)21(20(16)19)24-18(27)13-26-12-8-11-23(3,4)14-26/h9-10H,7-8,11-14H2,1-6H3,(H,24,27). The molecule has 0 spiro atoms. The SMILES string of the molecule is CCOC(=O)c1c(C)n(C)c2ccc(OC)c(NC(=O)CN3CCCC(C)(C)C3)c12. The van der Waals surface area contributed by atoms with Crippen LogP contribution in [0, 0.1) is 12.3 Å². The van der Waals surface area contributed by atoms with Gasteiger partial charge in [-0.2, -0.15) is 0 Å². The van der Waals surface area contributed by atoms with Gasteiger partial charge in [0.2, 0.25) is 5.91 Å². The average molecular weight is 416 g/mol. The van der Waals surface area contributed by atoms with Crippen molar-refractivity contribution < 1.29 is 19.1 Å². The molecule has 1 aromatic carbocycles. The molecule has 0 aliphatic carbocycles. The van der Waals surface area contributed by atoms with Gasteiger partial charge < -0.3 is 19.4 Å². The van der Waals surface area contributed by atoms with Crippen molar-refractivity contribution in [1.29, 1.82) is 0 Å². The minimum Gasteiger partial charge on any atom is -0.495 e. The number of hydrogen-bond donors (Lipinski definition) is 1. The molecule has 1 fully saturated rings. The molecular formula is C23H33N3O4. The number of fused-ring (bicyclic) bond motifs is 1. The van der Waals surface area contributed by atoms with Crippen LogP contribution in [0.3, 0.4) is 0 Å². The highest BCUT2D eigenvalue weighted by atomic mass is 16.5. The third-order valence-corrected chi connectivity index (χ3v) is 5.93. The number of likely N-dealkylation sites (tertiary alicyclic amines) is 1. The fourth-order valence-electron chi connectivity index (χ4n) is 4.44. The molecule has 2 aromatic rings. The maximum absolute atomic E-state index is 13.0. The first-order chi connectivity index (χ1) is 14.2. The van der Waals surface area contributed by atoms with E-state index in [0.29, 0.717) is 28.9 Å². The number of carbonyl (C=O) groups excluding carboxylic acids is 2. The Hall–Kier alpha value is -2.54. The van der Waals surface area contributed by atoms with Crippen LogP contribution in [-0.4, -0.2) is 54.7 Å². The van der Waals surface area contributed by atoms with Gasteiger partial charge in [0, 0.05) is 24.7 Å². The van der Waals surface area contributed by atoms with Crippen molar-refractivity contribution in [3.05, 3.63) is 23.4 Å². The van der Waals surface area contributed by atoms with E-state index in [0.717, 1.165) is 30.7 Å². The van der Waals surface area contributed by atoms with E-state index in [-0.39, 0.29) is 17.9 Å². The quantitative estimate of drug-likeness (QED) is 0.728. The number of rotatable bonds is 6. The van der Waals surface area contributed by atoms with Crippen LogP contribution in [-0.2, 0) is 16.6 Å². The zero-order valence-electron chi connectivity index (χ0n) is 18.9. The molecule has 1 saturated heterocycles. The van der Waals surface area contributed by atoms with Crippen molar-refractivity contribution in [3.63, 3.8) is 0 Å². The van der Waals surface area contributed by atoms with Gasteiger partial charge in [0.25, 0.3) is 0 Å². The maximum Gasteiger partial charge on any atom is 0.340 e. The number of aryl methyl sites for hydroxylation is 1. The van der Waals surface area contributed by atoms with E-state index in [2.05, 4.69) is 24.1 Å². The summed E-state index contributed by atoms with van der Waals surface area (Å²) in [6.45, 7) is 10.5. The minimum atomic E-state index is -0.401. The highest BCUT2D eigenvalue weighted by Crippen LogP contribution is 2.38. The molecule has 0 unspecified atom stereocenters. The molecule has 30 heavy (non-hydrogen) atoms. The molecule has 0 atom stereocenters. The fourth-order valence-corrected chi connectivity index (χ4v) is 4.44. The number of amides is 1. The number of aromatic nitrogens is 1. The van der Waals surface area contributed by atoms with Crippen molar-refractivity contribution in [3.8, 4) is 5.75 Å². The Labute approximate surface area is 178 Å². The topological polar surface area (TPSA) is 72.8 Å². The minimum absolute atomic E-state index is 0.116. The van der Waals surface area contributed by atoms with Gasteiger partial charge >= 0.3 is 5.97 Å². The largest absolute Gasteiger partial charge is 0.495 e. The summed E-state index contributed by atoms with van der Waals surface area (Å²) in [6, 6.07) is 3.71. The highest BCUT2D eigenvalue weighted by molar-refractivity contribution is 6.14. The van der Waals surface area contributed by atoms with Gasteiger partial charge in [0.1, 0.15) is 5.75 Å². The first-order valence-electron chi connectivity index (χ1n) is 10.5. The molecule has 7 nitrogen and oxygen atoms in total. The lowest BCUT2D eigenvalue weighted by Gasteiger charge is -2.37. The van der Waals surface area contributed by atoms with Crippen LogP contribution in [0.25, 0.3) is 10.9 Å². The third kappa shape index (κ3) is 4.31. The Morgan fingerprint density at radius 2 is 2.00 bits per heavy atom. The maximum atomic E-state index is 13.0. The van der Waals surface area contributed by atoms with Gasteiger partial charge in [-0.05, 0) is 50.8 Å². The van der Waals surface area contributed by atoms with Crippen LogP contribution < -0.4 is 10.1 Å². The van der Waals surface area contributed by atoms with Crippen molar-refractivity contribution in [1.82, 2.24) is 9.47 Å². The number of esters is 1. The smallest absolute Gasteiger partial charge is 0.340 e. The normalized spacial score (nSPS) is 16.5. The van der Waals surface area contributed by atoms with E-state index in [1.807, 2.05) is 30.7 Å². The van der Waals surface area contributed by atoms with E-state index in [4.69, 9.17) is 9.47 Å². The molecule has 2 heterocycles. The van der Waals surface area contributed by atoms with Gasteiger partial charge in [-0.15, -0.1) is 0 Å². The van der Waals surface area contributed by atoms with Gasteiger partial charge in [-0.1, -0.05) is 13.8 Å². The molecule has 1 aliphatic heterocycles. The molecule has 7 heteroatoms. The summed E-state index contributed by atoms with van der Waals surface area (Å²) < 4.78 is 12.8. The monoisotopic (exact) mass is 415 g/mol. The van der Waals surface area contributed by atoms with Crippen LogP contribution in [0.2, 0.25) is 0 Å². The lowest BCUT2D eigenvalue weighted by molar-refractivity contribution is -0.118. The molecule has 164 valence electrons. The van der Waals surface area contributed by atoms with Crippen LogP contribution in [0.15, 0.2) is 12.1 Å². The van der Waals surface area contributed by atoms with E-state index in [9.17, 15) is 9.59 Å². The van der Waals surface area contributed by atoms with Gasteiger partial charge in [-0.3, -0.25) is 9.69 Å². The summed E-state index contributed by atoms with van der Waals surface area (Å²) in [5, 5.41) is 3.68. The number of ether oxygens (including phenoxy) is 2. The first-order valence-corrected chi connectivity index (χ1v) is 10.5. The van der Waals surface area contributed by atoms with Crippen molar-refractivity contribution in [2.45, 2.75) is 40.5 Å². The summed E-state index contributed by atoms with van der Waals surface area (Å²) >= 11 is 0. The number of nitrogens with one attached hydrogen (secondary N) is 1. The predicted octanol–water partition coefficient (Wildman–Crippen LogP) is 3.73. The summed E-state index contributed by atoms with van der Waals surface area (Å²) in [7, 11) is 3.46. The molecular weight excluding hydrogens is 382 g/mol. The van der Waals surface area contributed by atoms with Crippen LogP contribution >= 0.6 is 0 Å². The Bertz CT molecular complexity index is 961. The zero-order valence-corrected chi connectivity index (χ0v) is 18.9.